The van der Waals surface area contributed by atoms with Crippen molar-refractivity contribution in [3.63, 3.8) is 0 Å². The van der Waals surface area contributed by atoms with Crippen LogP contribution in [0.1, 0.15) is 40.5 Å². The number of halogens is 1. The summed E-state index contributed by atoms with van der Waals surface area (Å²) >= 11 is 6.15. The SMILES string of the molecule is Cc1cc(C)n2nc(C(=O)NC(C)c3ccccc3Cl)nc2n1. The van der Waals surface area contributed by atoms with E-state index >= 15 is 0 Å². The molecule has 0 radical (unpaired) electrons. The van der Waals surface area contributed by atoms with E-state index in [-0.39, 0.29) is 17.8 Å². The quantitative estimate of drug-likeness (QED) is 0.802. The number of nitrogens with zero attached hydrogens (tertiary/aromatic N) is 4. The fourth-order valence-corrected chi connectivity index (χ4v) is 2.73. The van der Waals surface area contributed by atoms with Crippen molar-refractivity contribution in [2.24, 2.45) is 0 Å². The summed E-state index contributed by atoms with van der Waals surface area (Å²) in [6.45, 7) is 5.63. The summed E-state index contributed by atoms with van der Waals surface area (Å²) in [4.78, 5) is 20.9. The minimum absolute atomic E-state index is 0.0881. The maximum atomic E-state index is 12.4. The van der Waals surface area contributed by atoms with Crippen LogP contribution >= 0.6 is 11.6 Å². The number of fused-ring (bicyclic) bond motifs is 1. The first kappa shape index (κ1) is 15.4. The number of rotatable bonds is 3. The maximum absolute atomic E-state index is 12.4. The number of nitrogens with one attached hydrogen (secondary N) is 1. The summed E-state index contributed by atoms with van der Waals surface area (Å²) < 4.78 is 1.56. The Labute approximate surface area is 138 Å². The normalized spacial score (nSPS) is 12.3. The van der Waals surface area contributed by atoms with E-state index in [1.165, 1.54) is 0 Å². The third-order valence-electron chi connectivity index (χ3n) is 3.54. The molecule has 7 heteroatoms. The summed E-state index contributed by atoms with van der Waals surface area (Å²) in [5, 5.41) is 7.69. The molecule has 2 heterocycles. The predicted octanol–water partition coefficient (Wildman–Crippen LogP) is 2.89. The lowest BCUT2D eigenvalue weighted by Crippen LogP contribution is -2.27. The van der Waals surface area contributed by atoms with E-state index in [0.717, 1.165) is 17.0 Å². The van der Waals surface area contributed by atoms with Crippen LogP contribution in [0.15, 0.2) is 30.3 Å². The fraction of sp³-hybridized carbons (Fsp3) is 0.250. The van der Waals surface area contributed by atoms with Crippen molar-refractivity contribution in [2.75, 3.05) is 0 Å². The van der Waals surface area contributed by atoms with Crippen LogP contribution in [0.25, 0.3) is 5.78 Å². The highest BCUT2D eigenvalue weighted by Crippen LogP contribution is 2.22. The Morgan fingerprint density at radius 2 is 2.00 bits per heavy atom. The average Bonchev–Trinajstić information content (AvgIpc) is 2.92. The summed E-state index contributed by atoms with van der Waals surface area (Å²) in [6.07, 6.45) is 0. The van der Waals surface area contributed by atoms with Gasteiger partial charge < -0.3 is 5.32 Å². The minimum atomic E-state index is -0.361. The second-order valence-corrected chi connectivity index (χ2v) is 5.81. The van der Waals surface area contributed by atoms with Gasteiger partial charge in [-0.25, -0.2) is 9.50 Å². The van der Waals surface area contributed by atoms with E-state index in [1.807, 2.05) is 45.0 Å². The smallest absolute Gasteiger partial charge is 0.291 e. The number of carbonyl (C=O) groups is 1. The summed E-state index contributed by atoms with van der Waals surface area (Å²) in [5.41, 5.74) is 2.55. The maximum Gasteiger partial charge on any atom is 0.291 e. The lowest BCUT2D eigenvalue weighted by Gasteiger charge is -2.14. The number of aromatic nitrogens is 4. The molecule has 0 saturated carbocycles. The third-order valence-corrected chi connectivity index (χ3v) is 3.88. The molecule has 1 amide bonds. The molecule has 118 valence electrons. The largest absolute Gasteiger partial charge is 0.343 e. The molecule has 0 aliphatic rings. The number of hydrogen-bond acceptors (Lipinski definition) is 4. The highest BCUT2D eigenvalue weighted by molar-refractivity contribution is 6.31. The van der Waals surface area contributed by atoms with Gasteiger partial charge in [-0.2, -0.15) is 4.98 Å². The Morgan fingerprint density at radius 1 is 1.26 bits per heavy atom. The predicted molar refractivity (Wildman–Crippen MR) is 87.6 cm³/mol. The molecule has 6 nitrogen and oxygen atoms in total. The Kier molecular flexibility index (Phi) is 4.00. The van der Waals surface area contributed by atoms with Crippen LogP contribution in [0, 0.1) is 13.8 Å². The standard InChI is InChI=1S/C16H16ClN5O/c1-9-8-10(2)22-16(18-9)20-14(21-22)15(23)19-11(3)12-6-4-5-7-13(12)17/h4-8,11H,1-3H3,(H,19,23). The molecule has 3 aromatic rings. The van der Waals surface area contributed by atoms with Crippen molar-refractivity contribution < 1.29 is 4.79 Å². The second kappa shape index (κ2) is 5.96. The van der Waals surface area contributed by atoms with Gasteiger partial charge in [0, 0.05) is 16.4 Å². The van der Waals surface area contributed by atoms with Crippen LogP contribution in [0.2, 0.25) is 5.02 Å². The van der Waals surface area contributed by atoms with Gasteiger partial charge in [-0.05, 0) is 38.5 Å². The Hall–Kier alpha value is -2.47. The number of carbonyl (C=O) groups excluding carboxylic acids is 1. The number of aryl methyl sites for hydroxylation is 2. The Morgan fingerprint density at radius 3 is 2.74 bits per heavy atom. The van der Waals surface area contributed by atoms with E-state index in [1.54, 1.807) is 10.6 Å². The van der Waals surface area contributed by atoms with E-state index in [9.17, 15) is 4.79 Å². The molecular weight excluding hydrogens is 314 g/mol. The molecular formula is C16H16ClN5O. The van der Waals surface area contributed by atoms with Crippen molar-refractivity contribution in [3.05, 3.63) is 58.1 Å². The molecule has 1 unspecified atom stereocenters. The van der Waals surface area contributed by atoms with E-state index in [4.69, 9.17) is 11.6 Å². The highest BCUT2D eigenvalue weighted by atomic mass is 35.5. The first-order valence-electron chi connectivity index (χ1n) is 7.22. The Bertz CT molecular complexity index is 889. The number of hydrogen-bond donors (Lipinski definition) is 1. The average molecular weight is 330 g/mol. The van der Waals surface area contributed by atoms with Crippen molar-refractivity contribution in [1.82, 2.24) is 24.9 Å². The monoisotopic (exact) mass is 329 g/mol. The molecule has 1 N–H and O–H groups in total. The summed E-state index contributed by atoms with van der Waals surface area (Å²) in [7, 11) is 0. The summed E-state index contributed by atoms with van der Waals surface area (Å²) in [5.74, 6) is 0.142. The van der Waals surface area contributed by atoms with E-state index in [2.05, 4.69) is 20.4 Å². The first-order valence-corrected chi connectivity index (χ1v) is 7.60. The van der Waals surface area contributed by atoms with Crippen molar-refractivity contribution in [3.8, 4) is 0 Å². The lowest BCUT2D eigenvalue weighted by molar-refractivity contribution is 0.0929. The molecule has 1 atom stereocenters. The van der Waals surface area contributed by atoms with E-state index < -0.39 is 0 Å². The molecule has 23 heavy (non-hydrogen) atoms. The van der Waals surface area contributed by atoms with Crippen LogP contribution < -0.4 is 5.32 Å². The zero-order valence-corrected chi connectivity index (χ0v) is 13.8. The van der Waals surface area contributed by atoms with Gasteiger partial charge >= 0.3 is 0 Å². The third kappa shape index (κ3) is 3.03. The topological polar surface area (TPSA) is 72.2 Å². The molecule has 0 aliphatic carbocycles. The molecule has 2 aromatic heterocycles. The molecule has 1 aromatic carbocycles. The molecule has 0 aliphatic heterocycles. The molecule has 0 fully saturated rings. The van der Waals surface area contributed by atoms with Gasteiger partial charge in [0.05, 0.1) is 6.04 Å². The van der Waals surface area contributed by atoms with Gasteiger partial charge in [-0.3, -0.25) is 4.79 Å². The Balaban J connectivity index is 1.86. The van der Waals surface area contributed by atoms with E-state index in [0.29, 0.717) is 10.8 Å². The minimum Gasteiger partial charge on any atom is -0.343 e. The van der Waals surface area contributed by atoms with Crippen LogP contribution in [0.5, 0.6) is 0 Å². The van der Waals surface area contributed by atoms with Crippen LogP contribution in [-0.4, -0.2) is 25.5 Å². The zero-order chi connectivity index (χ0) is 16.6. The molecule has 3 rings (SSSR count). The van der Waals surface area contributed by atoms with Gasteiger partial charge in [0.15, 0.2) is 0 Å². The summed E-state index contributed by atoms with van der Waals surface area (Å²) in [6, 6.07) is 9.02. The molecule has 0 bridgehead atoms. The van der Waals surface area contributed by atoms with Gasteiger partial charge in [0.25, 0.3) is 11.7 Å². The molecule has 0 saturated heterocycles. The van der Waals surface area contributed by atoms with Gasteiger partial charge in [-0.1, -0.05) is 29.8 Å². The van der Waals surface area contributed by atoms with Crippen LogP contribution in [0.3, 0.4) is 0 Å². The zero-order valence-electron chi connectivity index (χ0n) is 13.0. The van der Waals surface area contributed by atoms with Gasteiger partial charge in [0.1, 0.15) is 0 Å². The molecule has 0 spiro atoms. The number of amides is 1. The number of benzene rings is 1. The van der Waals surface area contributed by atoms with Crippen LogP contribution in [-0.2, 0) is 0 Å². The van der Waals surface area contributed by atoms with Crippen molar-refractivity contribution >= 4 is 23.3 Å². The van der Waals surface area contributed by atoms with Crippen molar-refractivity contribution in [2.45, 2.75) is 26.8 Å². The lowest BCUT2D eigenvalue weighted by atomic mass is 10.1. The van der Waals surface area contributed by atoms with Crippen molar-refractivity contribution in [1.29, 1.82) is 0 Å². The first-order chi connectivity index (χ1) is 11.0. The fourth-order valence-electron chi connectivity index (χ4n) is 2.43. The van der Waals surface area contributed by atoms with Gasteiger partial charge in [-0.15, -0.1) is 5.10 Å². The van der Waals surface area contributed by atoms with Crippen LogP contribution in [0.4, 0.5) is 0 Å². The highest BCUT2D eigenvalue weighted by Gasteiger charge is 2.18. The van der Waals surface area contributed by atoms with Gasteiger partial charge in [0.2, 0.25) is 5.82 Å². The second-order valence-electron chi connectivity index (χ2n) is 5.40.